The Morgan fingerprint density at radius 2 is 1.81 bits per heavy atom. The number of nitrogens with one attached hydrogen (secondary N) is 2. The highest BCUT2D eigenvalue weighted by Crippen LogP contribution is 2.27. The van der Waals surface area contributed by atoms with Crippen LogP contribution in [0.15, 0.2) is 59.0 Å². The third-order valence-corrected chi connectivity index (χ3v) is 3.86. The SMILES string of the molecule is CC(O)(CNC(=O)C(=O)Nc1ccc(F)cc1)c1cc2ccccc2o1. The Hall–Kier alpha value is -3.19. The van der Waals surface area contributed by atoms with Crippen molar-refractivity contribution < 1.29 is 23.5 Å². The number of hydrogen-bond donors (Lipinski definition) is 3. The summed E-state index contributed by atoms with van der Waals surface area (Å²) in [5.74, 6) is -2.02. The molecule has 0 saturated carbocycles. The van der Waals surface area contributed by atoms with Crippen molar-refractivity contribution in [3.05, 3.63) is 66.2 Å². The van der Waals surface area contributed by atoms with Gasteiger partial charge in [-0.3, -0.25) is 9.59 Å². The summed E-state index contributed by atoms with van der Waals surface area (Å²) in [5.41, 5.74) is -0.594. The van der Waals surface area contributed by atoms with Gasteiger partial charge in [-0.1, -0.05) is 18.2 Å². The molecule has 2 amide bonds. The van der Waals surface area contributed by atoms with Gasteiger partial charge in [0.25, 0.3) is 0 Å². The number of amides is 2. The molecular formula is C19H17FN2O4. The molecule has 1 aromatic heterocycles. The van der Waals surface area contributed by atoms with E-state index in [0.717, 1.165) is 5.39 Å². The van der Waals surface area contributed by atoms with Crippen molar-refractivity contribution >= 4 is 28.5 Å². The Bertz CT molecular complexity index is 915. The van der Waals surface area contributed by atoms with E-state index in [4.69, 9.17) is 4.42 Å². The van der Waals surface area contributed by atoms with Gasteiger partial charge in [-0.2, -0.15) is 0 Å². The van der Waals surface area contributed by atoms with Gasteiger partial charge in [-0.15, -0.1) is 0 Å². The van der Waals surface area contributed by atoms with Crippen molar-refractivity contribution in [3.8, 4) is 0 Å². The fraction of sp³-hybridized carbons (Fsp3) is 0.158. The molecule has 0 spiro atoms. The monoisotopic (exact) mass is 356 g/mol. The summed E-state index contributed by atoms with van der Waals surface area (Å²) in [5, 5.41) is 16.1. The molecule has 0 aliphatic rings. The minimum atomic E-state index is -1.50. The van der Waals surface area contributed by atoms with Crippen LogP contribution in [0.2, 0.25) is 0 Å². The van der Waals surface area contributed by atoms with Gasteiger partial charge in [0.05, 0.1) is 6.54 Å². The lowest BCUT2D eigenvalue weighted by molar-refractivity contribution is -0.136. The van der Waals surface area contributed by atoms with E-state index in [0.29, 0.717) is 5.58 Å². The van der Waals surface area contributed by atoms with Gasteiger partial charge in [-0.05, 0) is 43.3 Å². The first kappa shape index (κ1) is 17.6. The van der Waals surface area contributed by atoms with Crippen LogP contribution < -0.4 is 10.6 Å². The largest absolute Gasteiger partial charge is 0.458 e. The van der Waals surface area contributed by atoms with E-state index >= 15 is 0 Å². The minimum absolute atomic E-state index is 0.220. The zero-order chi connectivity index (χ0) is 18.7. The van der Waals surface area contributed by atoms with Gasteiger partial charge >= 0.3 is 11.8 Å². The molecule has 6 nitrogen and oxygen atoms in total. The molecule has 0 bridgehead atoms. The number of furan rings is 1. The molecule has 0 radical (unpaired) electrons. The second kappa shape index (κ2) is 6.97. The molecule has 0 saturated heterocycles. The van der Waals surface area contributed by atoms with Crippen LogP contribution in [0, 0.1) is 5.82 Å². The topological polar surface area (TPSA) is 91.6 Å². The molecule has 2 aromatic carbocycles. The summed E-state index contributed by atoms with van der Waals surface area (Å²) in [4.78, 5) is 23.8. The quantitative estimate of drug-likeness (QED) is 0.627. The third kappa shape index (κ3) is 3.89. The number of benzene rings is 2. The molecule has 0 aliphatic carbocycles. The van der Waals surface area contributed by atoms with E-state index in [2.05, 4.69) is 10.6 Å². The lowest BCUT2D eigenvalue weighted by Gasteiger charge is -2.20. The zero-order valence-corrected chi connectivity index (χ0v) is 14.0. The Morgan fingerprint density at radius 1 is 1.12 bits per heavy atom. The Balaban J connectivity index is 1.61. The van der Waals surface area contributed by atoms with E-state index in [-0.39, 0.29) is 18.0 Å². The van der Waals surface area contributed by atoms with Gasteiger partial charge in [0, 0.05) is 11.1 Å². The smallest absolute Gasteiger partial charge is 0.313 e. The highest BCUT2D eigenvalue weighted by molar-refractivity contribution is 6.39. The average molecular weight is 356 g/mol. The van der Waals surface area contributed by atoms with E-state index in [9.17, 15) is 19.1 Å². The summed E-state index contributed by atoms with van der Waals surface area (Å²) in [6, 6.07) is 14.0. The first-order valence-electron chi connectivity index (χ1n) is 7.91. The van der Waals surface area contributed by atoms with E-state index in [1.165, 1.54) is 31.2 Å². The molecular weight excluding hydrogens is 339 g/mol. The van der Waals surface area contributed by atoms with Gasteiger partial charge in [-0.25, -0.2) is 4.39 Å². The van der Waals surface area contributed by atoms with Crippen LogP contribution in [0.25, 0.3) is 11.0 Å². The second-order valence-electron chi connectivity index (χ2n) is 6.07. The van der Waals surface area contributed by atoms with Crippen molar-refractivity contribution in [2.24, 2.45) is 0 Å². The number of para-hydroxylation sites is 1. The van der Waals surface area contributed by atoms with Gasteiger partial charge in [0.1, 0.15) is 22.8 Å². The first-order chi connectivity index (χ1) is 12.3. The second-order valence-corrected chi connectivity index (χ2v) is 6.07. The molecule has 3 N–H and O–H groups in total. The number of aliphatic hydroxyl groups is 1. The van der Waals surface area contributed by atoms with Crippen molar-refractivity contribution in [1.82, 2.24) is 5.32 Å². The minimum Gasteiger partial charge on any atom is -0.458 e. The van der Waals surface area contributed by atoms with Crippen LogP contribution in [0.1, 0.15) is 12.7 Å². The standard InChI is InChI=1S/C19H17FN2O4/c1-19(25,16-10-12-4-2-3-5-15(12)26-16)11-21-17(23)18(24)22-14-8-6-13(20)7-9-14/h2-10,25H,11H2,1H3,(H,21,23)(H,22,24). The molecule has 26 heavy (non-hydrogen) atoms. The number of hydrogen-bond acceptors (Lipinski definition) is 4. The summed E-state index contributed by atoms with van der Waals surface area (Å²) in [7, 11) is 0. The normalized spacial score (nSPS) is 13.2. The molecule has 3 aromatic rings. The highest BCUT2D eigenvalue weighted by Gasteiger charge is 2.29. The van der Waals surface area contributed by atoms with Crippen LogP contribution in [0.4, 0.5) is 10.1 Å². The van der Waals surface area contributed by atoms with Crippen molar-refractivity contribution in [2.45, 2.75) is 12.5 Å². The molecule has 7 heteroatoms. The predicted molar refractivity (Wildman–Crippen MR) is 93.8 cm³/mol. The molecule has 1 atom stereocenters. The van der Waals surface area contributed by atoms with Gasteiger partial charge in [0.15, 0.2) is 0 Å². The Kier molecular flexibility index (Phi) is 4.73. The Labute approximate surface area is 148 Å². The van der Waals surface area contributed by atoms with Gasteiger partial charge in [0.2, 0.25) is 0 Å². The number of carbonyl (C=O) groups excluding carboxylic acids is 2. The van der Waals surface area contributed by atoms with Crippen molar-refractivity contribution in [2.75, 3.05) is 11.9 Å². The van der Waals surface area contributed by atoms with Crippen molar-refractivity contribution in [1.29, 1.82) is 0 Å². The van der Waals surface area contributed by atoms with Crippen molar-refractivity contribution in [3.63, 3.8) is 0 Å². The maximum atomic E-state index is 12.8. The van der Waals surface area contributed by atoms with E-state index < -0.39 is 23.2 Å². The third-order valence-electron chi connectivity index (χ3n) is 3.86. The summed E-state index contributed by atoms with van der Waals surface area (Å²) < 4.78 is 18.4. The van der Waals surface area contributed by atoms with Crippen LogP contribution in [0.3, 0.4) is 0 Å². The lowest BCUT2D eigenvalue weighted by atomic mass is 10.0. The number of fused-ring (bicyclic) bond motifs is 1. The van der Waals surface area contributed by atoms with Crippen LogP contribution in [-0.4, -0.2) is 23.5 Å². The van der Waals surface area contributed by atoms with E-state index in [1.807, 2.05) is 18.2 Å². The predicted octanol–water partition coefficient (Wildman–Crippen LogP) is 2.53. The fourth-order valence-corrected chi connectivity index (χ4v) is 2.39. The van der Waals surface area contributed by atoms with Crippen LogP contribution >= 0.6 is 0 Å². The summed E-state index contributed by atoms with van der Waals surface area (Å²) >= 11 is 0. The fourth-order valence-electron chi connectivity index (χ4n) is 2.39. The number of anilines is 1. The van der Waals surface area contributed by atoms with Crippen LogP contribution in [-0.2, 0) is 15.2 Å². The molecule has 0 fully saturated rings. The Morgan fingerprint density at radius 3 is 2.50 bits per heavy atom. The maximum Gasteiger partial charge on any atom is 0.313 e. The molecule has 1 unspecified atom stereocenters. The summed E-state index contributed by atoms with van der Waals surface area (Å²) in [6.45, 7) is 1.26. The molecule has 0 aliphatic heterocycles. The maximum absolute atomic E-state index is 12.8. The van der Waals surface area contributed by atoms with Gasteiger partial charge < -0.3 is 20.2 Å². The summed E-state index contributed by atoms with van der Waals surface area (Å²) in [6.07, 6.45) is 0. The molecule has 3 rings (SSSR count). The molecule has 134 valence electrons. The van der Waals surface area contributed by atoms with E-state index in [1.54, 1.807) is 12.1 Å². The highest BCUT2D eigenvalue weighted by atomic mass is 19.1. The number of halogens is 1. The number of rotatable bonds is 4. The number of carbonyl (C=O) groups is 2. The first-order valence-corrected chi connectivity index (χ1v) is 7.91. The molecule has 1 heterocycles. The average Bonchev–Trinajstić information content (AvgIpc) is 3.07. The zero-order valence-electron chi connectivity index (χ0n) is 14.0. The lowest BCUT2D eigenvalue weighted by Crippen LogP contribution is -2.43. The van der Waals surface area contributed by atoms with Crippen LogP contribution in [0.5, 0.6) is 0 Å².